The van der Waals surface area contributed by atoms with Gasteiger partial charge in [-0.3, -0.25) is 0 Å². The summed E-state index contributed by atoms with van der Waals surface area (Å²) in [6.45, 7) is 4.14. The molecule has 5 rings (SSSR count). The number of nitrogens with one attached hydrogen (secondary N) is 1. The SMILES string of the molecule is NS(=O)(=O)c1ccc(Nc2ncc(C3CC(Oc4nccc(N5CCC[NH2+]CC5)n4)C3)cn2)c(F)c1. The van der Waals surface area contributed by atoms with Crippen LogP contribution in [0.25, 0.3) is 0 Å². The fourth-order valence-electron chi connectivity index (χ4n) is 4.31. The lowest BCUT2D eigenvalue weighted by molar-refractivity contribution is -0.650. The molecular weight excluding hydrogens is 487 g/mol. The average molecular weight is 516 g/mol. The van der Waals surface area contributed by atoms with E-state index in [1.807, 2.05) is 6.07 Å². The first-order valence-electron chi connectivity index (χ1n) is 11.8. The first kappa shape index (κ1) is 24.3. The van der Waals surface area contributed by atoms with Crippen LogP contribution in [0.15, 0.2) is 47.8 Å². The molecule has 1 aliphatic heterocycles. The molecule has 190 valence electrons. The molecule has 1 saturated heterocycles. The highest BCUT2D eigenvalue weighted by Gasteiger charge is 2.33. The monoisotopic (exact) mass is 515 g/mol. The van der Waals surface area contributed by atoms with E-state index in [1.165, 1.54) is 12.1 Å². The Morgan fingerprint density at radius 1 is 1.11 bits per heavy atom. The van der Waals surface area contributed by atoms with Gasteiger partial charge in [0.2, 0.25) is 16.0 Å². The zero-order valence-corrected chi connectivity index (χ0v) is 20.4. The van der Waals surface area contributed by atoms with Crippen LogP contribution in [0.5, 0.6) is 6.01 Å². The molecule has 0 atom stereocenters. The Morgan fingerprint density at radius 2 is 1.92 bits per heavy atom. The molecule has 3 aromatic rings. The summed E-state index contributed by atoms with van der Waals surface area (Å²) in [6.07, 6.45) is 7.87. The topological polar surface area (TPSA) is 153 Å². The fourth-order valence-corrected chi connectivity index (χ4v) is 4.84. The first-order valence-corrected chi connectivity index (χ1v) is 13.4. The number of quaternary nitrogens is 1. The smallest absolute Gasteiger partial charge is 0.318 e. The highest BCUT2D eigenvalue weighted by molar-refractivity contribution is 7.89. The summed E-state index contributed by atoms with van der Waals surface area (Å²) in [5, 5.41) is 10.1. The quantitative estimate of drug-likeness (QED) is 0.416. The van der Waals surface area contributed by atoms with Crippen LogP contribution in [-0.2, 0) is 10.0 Å². The third-order valence-corrected chi connectivity index (χ3v) is 7.32. The number of benzene rings is 1. The molecule has 2 aromatic heterocycles. The van der Waals surface area contributed by atoms with Crippen molar-refractivity contribution in [2.75, 3.05) is 36.4 Å². The van der Waals surface area contributed by atoms with Crippen LogP contribution in [-0.4, -0.2) is 60.6 Å². The lowest BCUT2D eigenvalue weighted by Crippen LogP contribution is -2.84. The van der Waals surface area contributed by atoms with Crippen molar-refractivity contribution in [2.24, 2.45) is 5.14 Å². The molecular formula is C23H28FN8O3S+. The number of rotatable bonds is 7. The van der Waals surface area contributed by atoms with Gasteiger partial charge in [0.1, 0.15) is 17.7 Å². The number of anilines is 3. The second-order valence-electron chi connectivity index (χ2n) is 8.96. The number of aromatic nitrogens is 4. The van der Waals surface area contributed by atoms with Gasteiger partial charge in [-0.2, -0.15) is 4.98 Å². The van der Waals surface area contributed by atoms with Gasteiger partial charge < -0.3 is 20.3 Å². The Hall–Kier alpha value is -3.42. The van der Waals surface area contributed by atoms with Crippen LogP contribution in [0.2, 0.25) is 0 Å². The van der Waals surface area contributed by atoms with Gasteiger partial charge in [-0.1, -0.05) is 0 Å². The van der Waals surface area contributed by atoms with Gasteiger partial charge >= 0.3 is 6.01 Å². The molecule has 1 saturated carbocycles. The summed E-state index contributed by atoms with van der Waals surface area (Å²) in [4.78, 5) is 19.4. The van der Waals surface area contributed by atoms with Crippen molar-refractivity contribution in [2.45, 2.75) is 36.2 Å². The molecule has 2 fully saturated rings. The van der Waals surface area contributed by atoms with Crippen molar-refractivity contribution in [3.8, 4) is 6.01 Å². The van der Waals surface area contributed by atoms with E-state index >= 15 is 0 Å². The molecule has 11 nitrogen and oxygen atoms in total. The van der Waals surface area contributed by atoms with Crippen LogP contribution < -0.4 is 25.4 Å². The summed E-state index contributed by atoms with van der Waals surface area (Å²) in [6, 6.07) is 5.68. The predicted molar refractivity (Wildman–Crippen MR) is 130 cm³/mol. The maximum Gasteiger partial charge on any atom is 0.318 e. The number of primary sulfonamides is 1. The minimum absolute atomic E-state index is 0.0203. The van der Waals surface area contributed by atoms with Crippen molar-refractivity contribution >= 4 is 27.5 Å². The van der Waals surface area contributed by atoms with E-state index in [-0.39, 0.29) is 28.6 Å². The molecule has 0 unspecified atom stereocenters. The number of hydrogen-bond donors (Lipinski definition) is 3. The highest BCUT2D eigenvalue weighted by atomic mass is 32.2. The van der Waals surface area contributed by atoms with Gasteiger partial charge in [0.15, 0.2) is 0 Å². The van der Waals surface area contributed by atoms with E-state index in [1.54, 1.807) is 18.6 Å². The Morgan fingerprint density at radius 3 is 2.67 bits per heavy atom. The van der Waals surface area contributed by atoms with E-state index in [4.69, 9.17) is 9.88 Å². The van der Waals surface area contributed by atoms with Crippen molar-refractivity contribution in [3.05, 3.63) is 54.2 Å². The average Bonchev–Trinajstić information content (AvgIpc) is 3.12. The van der Waals surface area contributed by atoms with Crippen LogP contribution >= 0.6 is 0 Å². The maximum absolute atomic E-state index is 14.2. The molecule has 0 amide bonds. The lowest BCUT2D eigenvalue weighted by atomic mass is 9.78. The predicted octanol–water partition coefficient (Wildman–Crippen LogP) is 0.895. The summed E-state index contributed by atoms with van der Waals surface area (Å²) < 4.78 is 43.0. The summed E-state index contributed by atoms with van der Waals surface area (Å²) in [5.41, 5.74) is 1.01. The van der Waals surface area contributed by atoms with E-state index in [2.05, 4.69) is 35.5 Å². The molecule has 13 heteroatoms. The van der Waals surface area contributed by atoms with Crippen molar-refractivity contribution in [3.63, 3.8) is 0 Å². The maximum atomic E-state index is 14.2. The Labute approximate surface area is 208 Å². The van der Waals surface area contributed by atoms with Crippen molar-refractivity contribution in [1.29, 1.82) is 0 Å². The Bertz CT molecular complexity index is 1310. The van der Waals surface area contributed by atoms with Crippen molar-refractivity contribution < 1.29 is 22.9 Å². The first-order chi connectivity index (χ1) is 17.3. The van der Waals surface area contributed by atoms with E-state index in [0.717, 1.165) is 62.9 Å². The van der Waals surface area contributed by atoms with E-state index in [9.17, 15) is 12.8 Å². The van der Waals surface area contributed by atoms with Gasteiger partial charge in [-0.05, 0) is 48.6 Å². The lowest BCUT2D eigenvalue weighted by Gasteiger charge is -2.34. The normalized spacial score (nSPS) is 20.3. The molecule has 3 heterocycles. The third-order valence-electron chi connectivity index (χ3n) is 6.41. The molecule has 1 aromatic carbocycles. The van der Waals surface area contributed by atoms with Crippen LogP contribution in [0.4, 0.5) is 21.8 Å². The largest absolute Gasteiger partial charge is 0.460 e. The van der Waals surface area contributed by atoms with Crippen molar-refractivity contribution in [1.82, 2.24) is 19.9 Å². The number of ether oxygens (including phenoxy) is 1. The van der Waals surface area contributed by atoms with Gasteiger partial charge in [0.05, 0.1) is 30.2 Å². The highest BCUT2D eigenvalue weighted by Crippen LogP contribution is 2.38. The summed E-state index contributed by atoms with van der Waals surface area (Å²) in [5.74, 6) is 0.579. The standard InChI is InChI=1S/C23H27FN8O3S/c24-19-12-18(36(25,33)34)2-3-20(19)30-22-28-13-16(14-29-22)15-10-17(11-15)35-23-27-6-4-21(31-23)32-8-1-5-26-7-9-32/h2-4,6,12-15,17,26H,1,5,7-11H2,(H2,25,33,34)(H,28,29,30)/p+1. The van der Waals surface area contributed by atoms with Crippen LogP contribution in [0, 0.1) is 5.82 Å². The van der Waals surface area contributed by atoms with Gasteiger partial charge in [-0.15, -0.1) is 0 Å². The number of nitrogens with zero attached hydrogens (tertiary/aromatic N) is 5. The fraction of sp³-hybridized carbons (Fsp3) is 0.391. The van der Waals surface area contributed by atoms with Gasteiger partial charge in [0.25, 0.3) is 0 Å². The Kier molecular flexibility index (Phi) is 6.94. The molecule has 0 radical (unpaired) electrons. The zero-order chi connectivity index (χ0) is 25.1. The van der Waals surface area contributed by atoms with E-state index in [0.29, 0.717) is 6.01 Å². The van der Waals surface area contributed by atoms with Crippen LogP contribution in [0.1, 0.15) is 30.7 Å². The molecule has 0 bridgehead atoms. The molecule has 2 aliphatic rings. The van der Waals surface area contributed by atoms with Gasteiger partial charge in [0, 0.05) is 31.6 Å². The van der Waals surface area contributed by atoms with E-state index < -0.39 is 15.8 Å². The second-order valence-corrected chi connectivity index (χ2v) is 10.5. The molecule has 0 spiro atoms. The zero-order valence-electron chi connectivity index (χ0n) is 19.5. The molecule has 1 aliphatic carbocycles. The minimum atomic E-state index is -3.98. The summed E-state index contributed by atoms with van der Waals surface area (Å²) in [7, 11) is -3.98. The number of sulfonamides is 1. The number of nitrogens with two attached hydrogens (primary N) is 2. The number of halogens is 1. The minimum Gasteiger partial charge on any atom is -0.460 e. The number of hydrogen-bond acceptors (Lipinski definition) is 9. The van der Waals surface area contributed by atoms with Crippen LogP contribution in [0.3, 0.4) is 0 Å². The second kappa shape index (κ2) is 10.3. The Balaban J connectivity index is 1.15. The van der Waals surface area contributed by atoms with Gasteiger partial charge in [-0.25, -0.2) is 32.9 Å². The summed E-state index contributed by atoms with van der Waals surface area (Å²) >= 11 is 0. The molecule has 5 N–H and O–H groups in total. The molecule has 36 heavy (non-hydrogen) atoms. The third kappa shape index (κ3) is 5.69.